The van der Waals surface area contributed by atoms with Gasteiger partial charge in [-0.15, -0.1) is 0 Å². The molecule has 0 bridgehead atoms. The Kier molecular flexibility index (Phi) is 5.78. The van der Waals surface area contributed by atoms with Crippen LogP contribution in [0.1, 0.15) is 17.5 Å². The van der Waals surface area contributed by atoms with E-state index in [1.165, 1.54) is 28.3 Å². The van der Waals surface area contributed by atoms with Crippen molar-refractivity contribution >= 4 is 16.1 Å². The molecule has 23 heavy (non-hydrogen) atoms. The van der Waals surface area contributed by atoms with Crippen LogP contribution in [-0.2, 0) is 21.4 Å². The molecule has 1 fully saturated rings. The molecule has 1 aliphatic heterocycles. The predicted octanol–water partition coefficient (Wildman–Crippen LogP) is 0.878. The largest absolute Gasteiger partial charge is 0.340 e. The number of piperazine rings is 1. The Hall–Kier alpha value is -1.44. The lowest BCUT2D eigenvalue weighted by atomic mass is 10.1. The van der Waals surface area contributed by atoms with Gasteiger partial charge in [0.2, 0.25) is 5.91 Å². The zero-order valence-electron chi connectivity index (χ0n) is 14.0. The van der Waals surface area contributed by atoms with Crippen LogP contribution in [0.25, 0.3) is 0 Å². The second-order valence-corrected chi connectivity index (χ2v) is 8.20. The molecule has 1 aromatic carbocycles. The van der Waals surface area contributed by atoms with Crippen molar-refractivity contribution in [3.63, 3.8) is 0 Å². The molecular weight excluding hydrogens is 314 g/mol. The molecule has 0 saturated carbocycles. The van der Waals surface area contributed by atoms with Gasteiger partial charge in [-0.05, 0) is 18.9 Å². The molecule has 0 N–H and O–H groups in total. The average molecular weight is 339 g/mol. The van der Waals surface area contributed by atoms with Gasteiger partial charge in [0.1, 0.15) is 0 Å². The zero-order chi connectivity index (χ0) is 17.0. The van der Waals surface area contributed by atoms with Crippen molar-refractivity contribution in [2.24, 2.45) is 0 Å². The minimum atomic E-state index is -3.38. The van der Waals surface area contributed by atoms with Gasteiger partial charge in [-0.1, -0.05) is 29.8 Å². The summed E-state index contributed by atoms with van der Waals surface area (Å²) in [7, 11) is -0.335. The first-order chi connectivity index (χ1) is 10.8. The molecule has 1 saturated heterocycles. The van der Waals surface area contributed by atoms with Crippen molar-refractivity contribution in [1.29, 1.82) is 0 Å². The van der Waals surface area contributed by atoms with Crippen LogP contribution in [0.4, 0.5) is 0 Å². The number of rotatable bonds is 5. The average Bonchev–Trinajstić information content (AvgIpc) is 2.54. The van der Waals surface area contributed by atoms with E-state index in [1.807, 2.05) is 31.2 Å². The third-order valence-corrected chi connectivity index (χ3v) is 6.07. The lowest BCUT2D eigenvalue weighted by Crippen LogP contribution is -2.53. The van der Waals surface area contributed by atoms with Gasteiger partial charge in [0.25, 0.3) is 10.2 Å². The first-order valence-corrected chi connectivity index (χ1v) is 9.21. The monoisotopic (exact) mass is 339 g/mol. The van der Waals surface area contributed by atoms with Crippen molar-refractivity contribution in [2.45, 2.75) is 19.8 Å². The second-order valence-electron chi connectivity index (χ2n) is 6.06. The molecule has 0 aromatic heterocycles. The van der Waals surface area contributed by atoms with Crippen molar-refractivity contribution in [3.05, 3.63) is 35.4 Å². The third kappa shape index (κ3) is 4.53. The van der Waals surface area contributed by atoms with E-state index in [0.717, 1.165) is 12.0 Å². The van der Waals surface area contributed by atoms with Gasteiger partial charge < -0.3 is 4.90 Å². The molecule has 0 atom stereocenters. The van der Waals surface area contributed by atoms with Gasteiger partial charge in [0, 0.05) is 46.7 Å². The summed E-state index contributed by atoms with van der Waals surface area (Å²) in [5.74, 6) is 0.0903. The topological polar surface area (TPSA) is 60.9 Å². The van der Waals surface area contributed by atoms with Gasteiger partial charge in [-0.3, -0.25) is 4.79 Å². The number of carbonyl (C=O) groups excluding carboxylic acids is 1. The zero-order valence-corrected chi connectivity index (χ0v) is 14.8. The van der Waals surface area contributed by atoms with E-state index in [1.54, 1.807) is 4.90 Å². The molecule has 1 amide bonds. The molecule has 2 rings (SSSR count). The normalized spacial score (nSPS) is 16.8. The minimum absolute atomic E-state index is 0.0903. The molecule has 0 unspecified atom stereocenters. The standard InChI is InChI=1S/C16H25N3O3S/c1-14-4-6-15(7-5-14)8-9-16(20)18-10-12-19(13-11-18)23(21,22)17(2)3/h4-7H,8-13H2,1-3H3. The van der Waals surface area contributed by atoms with Crippen LogP contribution in [0.15, 0.2) is 24.3 Å². The Balaban J connectivity index is 1.83. The Morgan fingerprint density at radius 1 is 1.09 bits per heavy atom. The van der Waals surface area contributed by atoms with Gasteiger partial charge in [0.15, 0.2) is 0 Å². The molecular formula is C16H25N3O3S. The van der Waals surface area contributed by atoms with E-state index >= 15 is 0 Å². The third-order valence-electron chi connectivity index (χ3n) is 4.13. The van der Waals surface area contributed by atoms with Crippen molar-refractivity contribution in [1.82, 2.24) is 13.5 Å². The fourth-order valence-electron chi connectivity index (χ4n) is 2.56. The van der Waals surface area contributed by atoms with Crippen molar-refractivity contribution in [2.75, 3.05) is 40.3 Å². The van der Waals surface area contributed by atoms with Gasteiger partial charge >= 0.3 is 0 Å². The van der Waals surface area contributed by atoms with E-state index in [0.29, 0.717) is 32.6 Å². The molecule has 1 aliphatic rings. The lowest BCUT2D eigenvalue weighted by Gasteiger charge is -2.35. The number of amides is 1. The highest BCUT2D eigenvalue weighted by atomic mass is 32.2. The van der Waals surface area contributed by atoms with Gasteiger partial charge in [0.05, 0.1) is 0 Å². The summed E-state index contributed by atoms with van der Waals surface area (Å²) in [6.07, 6.45) is 1.18. The van der Waals surface area contributed by atoms with Crippen LogP contribution in [0.2, 0.25) is 0 Å². The summed E-state index contributed by atoms with van der Waals surface area (Å²) in [5, 5.41) is 0. The van der Waals surface area contributed by atoms with Crippen LogP contribution in [0.3, 0.4) is 0 Å². The Morgan fingerprint density at radius 3 is 2.17 bits per heavy atom. The molecule has 0 radical (unpaired) electrons. The quantitative estimate of drug-likeness (QED) is 0.800. The molecule has 6 nitrogen and oxygen atoms in total. The first kappa shape index (κ1) is 17.9. The molecule has 1 heterocycles. The SMILES string of the molecule is Cc1ccc(CCC(=O)N2CCN(S(=O)(=O)N(C)C)CC2)cc1. The maximum atomic E-state index is 12.3. The highest BCUT2D eigenvalue weighted by Crippen LogP contribution is 2.12. The van der Waals surface area contributed by atoms with E-state index in [2.05, 4.69) is 0 Å². The number of benzene rings is 1. The lowest BCUT2D eigenvalue weighted by molar-refractivity contribution is -0.132. The van der Waals surface area contributed by atoms with E-state index < -0.39 is 10.2 Å². The summed E-state index contributed by atoms with van der Waals surface area (Å²) in [5.41, 5.74) is 2.36. The highest BCUT2D eigenvalue weighted by Gasteiger charge is 2.29. The molecule has 0 aliphatic carbocycles. The van der Waals surface area contributed by atoms with E-state index in [9.17, 15) is 13.2 Å². The Labute approximate surface area is 138 Å². The van der Waals surface area contributed by atoms with E-state index in [4.69, 9.17) is 0 Å². The maximum Gasteiger partial charge on any atom is 0.281 e. The molecule has 0 spiro atoms. The number of carbonyl (C=O) groups is 1. The Morgan fingerprint density at radius 2 is 1.65 bits per heavy atom. The smallest absolute Gasteiger partial charge is 0.281 e. The number of nitrogens with zero attached hydrogens (tertiary/aromatic N) is 3. The van der Waals surface area contributed by atoms with Crippen LogP contribution >= 0.6 is 0 Å². The maximum absolute atomic E-state index is 12.3. The predicted molar refractivity (Wildman–Crippen MR) is 90.3 cm³/mol. The van der Waals surface area contributed by atoms with E-state index in [-0.39, 0.29) is 5.91 Å². The summed E-state index contributed by atoms with van der Waals surface area (Å²) in [6.45, 7) is 3.67. The molecule has 1 aromatic rings. The van der Waals surface area contributed by atoms with Gasteiger partial charge in [-0.25, -0.2) is 0 Å². The first-order valence-electron chi connectivity index (χ1n) is 7.81. The van der Waals surface area contributed by atoms with Crippen molar-refractivity contribution in [3.8, 4) is 0 Å². The van der Waals surface area contributed by atoms with Crippen LogP contribution in [-0.4, -0.2) is 68.1 Å². The number of hydrogen-bond donors (Lipinski definition) is 0. The van der Waals surface area contributed by atoms with Crippen LogP contribution in [0.5, 0.6) is 0 Å². The van der Waals surface area contributed by atoms with Gasteiger partial charge in [-0.2, -0.15) is 17.0 Å². The second kappa shape index (κ2) is 7.42. The Bertz CT molecular complexity index is 633. The van der Waals surface area contributed by atoms with Crippen LogP contribution in [0, 0.1) is 6.92 Å². The van der Waals surface area contributed by atoms with Crippen molar-refractivity contribution < 1.29 is 13.2 Å². The molecule has 7 heteroatoms. The number of hydrogen-bond acceptors (Lipinski definition) is 3. The number of aryl methyl sites for hydroxylation is 2. The molecule has 128 valence electrons. The summed E-state index contributed by atoms with van der Waals surface area (Å²) < 4.78 is 26.7. The van der Waals surface area contributed by atoms with Crippen LogP contribution < -0.4 is 0 Å². The summed E-state index contributed by atoms with van der Waals surface area (Å²) in [6, 6.07) is 8.18. The summed E-state index contributed by atoms with van der Waals surface area (Å²) >= 11 is 0. The highest BCUT2D eigenvalue weighted by molar-refractivity contribution is 7.86. The minimum Gasteiger partial charge on any atom is -0.340 e. The summed E-state index contributed by atoms with van der Waals surface area (Å²) in [4.78, 5) is 14.0. The fourth-order valence-corrected chi connectivity index (χ4v) is 3.65. The fraction of sp³-hybridized carbons (Fsp3) is 0.562.